The number of hydrogen-bond donors (Lipinski definition) is 0. The summed E-state index contributed by atoms with van der Waals surface area (Å²) in [5, 5.41) is 8.87. The number of benzene rings is 2. The van der Waals surface area contributed by atoms with Gasteiger partial charge in [0.15, 0.2) is 11.7 Å². The van der Waals surface area contributed by atoms with Crippen LogP contribution in [-0.4, -0.2) is 10.2 Å². The molecule has 0 N–H and O–H groups in total. The molecule has 1 aliphatic rings. The summed E-state index contributed by atoms with van der Waals surface area (Å²) in [4.78, 5) is 0. The molecule has 1 atom stereocenters. The first kappa shape index (κ1) is 28.7. The van der Waals surface area contributed by atoms with E-state index in [9.17, 15) is 0 Å². The van der Waals surface area contributed by atoms with Gasteiger partial charge in [-0.3, -0.25) is 0 Å². The fourth-order valence-electron chi connectivity index (χ4n) is 6.45. The normalized spacial score (nSPS) is 16.9. The van der Waals surface area contributed by atoms with Gasteiger partial charge in [-0.1, -0.05) is 64.1 Å². The molecule has 0 aliphatic carbocycles. The van der Waals surface area contributed by atoms with Crippen LogP contribution >= 0.6 is 0 Å². The van der Waals surface area contributed by atoms with Crippen LogP contribution in [0.15, 0.2) is 89.5 Å². The predicted molar refractivity (Wildman–Crippen MR) is 169 cm³/mol. The summed E-state index contributed by atoms with van der Waals surface area (Å²) in [6.45, 7) is 18.1. The van der Waals surface area contributed by atoms with Gasteiger partial charge in [-0.15, -0.1) is 10.2 Å². The zero-order valence-electron chi connectivity index (χ0n) is 25.6. The third kappa shape index (κ3) is 5.32. The first-order valence-corrected chi connectivity index (χ1v) is 15.2. The maximum absolute atomic E-state index is 6.23. The Kier molecular flexibility index (Phi) is 8.13. The van der Waals surface area contributed by atoms with E-state index in [-0.39, 0.29) is 11.0 Å². The highest BCUT2D eigenvalue weighted by Gasteiger charge is 2.47. The molecule has 0 spiro atoms. The van der Waals surface area contributed by atoms with Crippen LogP contribution in [0.1, 0.15) is 91.2 Å². The molecule has 1 aliphatic heterocycles. The molecule has 4 nitrogen and oxygen atoms in total. The van der Waals surface area contributed by atoms with E-state index in [1.54, 1.807) is 0 Å². The Morgan fingerprint density at radius 3 is 2.37 bits per heavy atom. The molecule has 2 aromatic carbocycles. The molecule has 4 aromatic rings. The molecule has 4 heteroatoms. The second-order valence-corrected chi connectivity index (χ2v) is 12.2. The van der Waals surface area contributed by atoms with E-state index in [1.165, 1.54) is 34.4 Å². The number of fused-ring (bicyclic) bond motifs is 3. The van der Waals surface area contributed by atoms with Crippen LogP contribution in [0.2, 0.25) is 0 Å². The molecule has 2 aromatic heterocycles. The highest BCUT2D eigenvalue weighted by molar-refractivity contribution is 5.85. The Bertz CT molecular complexity index is 1570. The summed E-state index contributed by atoms with van der Waals surface area (Å²) >= 11 is 0. The van der Waals surface area contributed by atoms with E-state index in [4.69, 9.17) is 4.42 Å². The van der Waals surface area contributed by atoms with Crippen molar-refractivity contribution in [1.82, 2.24) is 10.2 Å². The van der Waals surface area contributed by atoms with Crippen molar-refractivity contribution in [3.8, 4) is 34.2 Å². The summed E-state index contributed by atoms with van der Waals surface area (Å²) in [6.07, 6.45) is 11.1. The van der Waals surface area contributed by atoms with Crippen LogP contribution < -0.4 is 4.57 Å². The number of allylic oxidation sites excluding steroid dienone is 3. The van der Waals surface area contributed by atoms with Gasteiger partial charge in [0.05, 0.1) is 5.56 Å². The quantitative estimate of drug-likeness (QED) is 0.147. The lowest BCUT2D eigenvalue weighted by Crippen LogP contribution is -2.59. The first-order chi connectivity index (χ1) is 19.7. The monoisotopic (exact) mass is 546 g/mol. The van der Waals surface area contributed by atoms with Crippen LogP contribution in [0.5, 0.6) is 0 Å². The number of pyridine rings is 1. The van der Waals surface area contributed by atoms with Crippen molar-refractivity contribution in [2.75, 3.05) is 0 Å². The summed E-state index contributed by atoms with van der Waals surface area (Å²) in [6, 6.07) is 21.5. The maximum Gasteiger partial charge on any atom is 0.248 e. The van der Waals surface area contributed by atoms with E-state index in [0.29, 0.717) is 11.8 Å². The third-order valence-electron chi connectivity index (χ3n) is 9.20. The van der Waals surface area contributed by atoms with E-state index < -0.39 is 0 Å². The summed E-state index contributed by atoms with van der Waals surface area (Å²) in [5.41, 5.74) is 9.39. The van der Waals surface area contributed by atoms with Crippen LogP contribution in [0.25, 0.3) is 39.7 Å². The Balaban J connectivity index is 1.41. The molecule has 0 amide bonds. The topological polar surface area (TPSA) is 42.8 Å². The first-order valence-electron chi connectivity index (χ1n) is 15.2. The van der Waals surface area contributed by atoms with E-state index >= 15 is 0 Å². The Labute approximate surface area is 245 Å². The molecule has 0 bridgehead atoms. The van der Waals surface area contributed by atoms with Crippen molar-refractivity contribution < 1.29 is 8.98 Å². The highest BCUT2D eigenvalue weighted by Crippen LogP contribution is 2.45. The van der Waals surface area contributed by atoms with Crippen molar-refractivity contribution in [2.24, 2.45) is 0 Å². The molecule has 3 heterocycles. The van der Waals surface area contributed by atoms with E-state index in [1.807, 2.05) is 0 Å². The summed E-state index contributed by atoms with van der Waals surface area (Å²) < 4.78 is 8.66. The highest BCUT2D eigenvalue weighted by atomic mass is 16.4. The average Bonchev–Trinajstić information content (AvgIpc) is 3.49. The molecular weight excluding hydrogens is 502 g/mol. The Hall–Kier alpha value is -3.79. The number of aromatic nitrogens is 3. The second kappa shape index (κ2) is 11.6. The Morgan fingerprint density at radius 1 is 0.976 bits per heavy atom. The molecule has 0 fully saturated rings. The van der Waals surface area contributed by atoms with Crippen LogP contribution in [0.4, 0.5) is 0 Å². The van der Waals surface area contributed by atoms with Crippen molar-refractivity contribution in [3.05, 3.63) is 96.2 Å². The minimum Gasteiger partial charge on any atom is -0.416 e. The fraction of sp³-hybridized carbons (Fsp3) is 0.378. The number of hydrogen-bond acceptors (Lipinski definition) is 3. The second-order valence-electron chi connectivity index (χ2n) is 12.2. The van der Waals surface area contributed by atoms with Crippen molar-refractivity contribution in [1.29, 1.82) is 0 Å². The fourth-order valence-corrected chi connectivity index (χ4v) is 6.45. The maximum atomic E-state index is 6.23. The summed E-state index contributed by atoms with van der Waals surface area (Å²) in [7, 11) is 0. The smallest absolute Gasteiger partial charge is 0.248 e. The van der Waals surface area contributed by atoms with E-state index in [0.717, 1.165) is 48.8 Å². The van der Waals surface area contributed by atoms with Gasteiger partial charge in [-0.05, 0) is 86.4 Å². The average molecular weight is 547 g/mol. The zero-order chi connectivity index (χ0) is 29.2. The van der Waals surface area contributed by atoms with E-state index in [2.05, 4.69) is 136 Å². The molecular formula is C37H44N3O+. The lowest BCUT2D eigenvalue weighted by Gasteiger charge is -2.35. The van der Waals surface area contributed by atoms with Gasteiger partial charge in [-0.2, -0.15) is 4.57 Å². The molecule has 212 valence electrons. The number of rotatable bonds is 10. The summed E-state index contributed by atoms with van der Waals surface area (Å²) in [5.74, 6) is 1.07. The Morgan fingerprint density at radius 2 is 1.68 bits per heavy atom. The molecule has 1 unspecified atom stereocenters. The SMILES string of the molecule is C=C1c2ccc(-c3nnc(-c4ccc(C(C)(C)CCCC(C)=CC)cc4)o3)cc2-c2cccc[n+]2C1(CC)CCC. The third-order valence-corrected chi connectivity index (χ3v) is 9.20. The molecule has 0 radical (unpaired) electrons. The van der Waals surface area contributed by atoms with Gasteiger partial charge < -0.3 is 4.42 Å². The lowest BCUT2D eigenvalue weighted by molar-refractivity contribution is -0.742. The number of nitrogens with zero attached hydrogens (tertiary/aromatic N) is 3. The van der Waals surface area contributed by atoms with Crippen molar-refractivity contribution in [3.63, 3.8) is 0 Å². The zero-order valence-corrected chi connectivity index (χ0v) is 25.6. The lowest BCUT2D eigenvalue weighted by atomic mass is 9.74. The van der Waals surface area contributed by atoms with Crippen LogP contribution in [0.3, 0.4) is 0 Å². The van der Waals surface area contributed by atoms with Crippen molar-refractivity contribution in [2.45, 2.75) is 91.0 Å². The van der Waals surface area contributed by atoms with Crippen molar-refractivity contribution >= 4 is 5.57 Å². The molecule has 0 saturated carbocycles. The molecule has 0 saturated heterocycles. The van der Waals surface area contributed by atoms with Gasteiger partial charge in [0.2, 0.25) is 17.5 Å². The van der Waals surface area contributed by atoms with Crippen LogP contribution in [-0.2, 0) is 11.0 Å². The van der Waals surface area contributed by atoms with Gasteiger partial charge >= 0.3 is 0 Å². The minimum absolute atomic E-state index is 0.107. The van der Waals surface area contributed by atoms with Gasteiger partial charge in [0, 0.05) is 41.7 Å². The molecule has 5 rings (SSSR count). The predicted octanol–water partition coefficient (Wildman–Crippen LogP) is 9.70. The standard InChI is InChI=1S/C37H44N3O/c1-8-22-37(10-3)27(5)31-21-18-29(25-32(31)33-15-11-12-24-40(33)37)35-39-38-34(41-35)28-16-19-30(20-17-28)36(6,7)23-13-14-26(4)9-2/h9,11-12,15-21,24-25H,5,8,10,13-14,22-23H2,1-4,6-7H3/q+1. The molecule has 41 heavy (non-hydrogen) atoms. The minimum atomic E-state index is -0.107. The van der Waals surface area contributed by atoms with Crippen LogP contribution in [0, 0.1) is 0 Å². The largest absolute Gasteiger partial charge is 0.416 e. The van der Waals surface area contributed by atoms with Gasteiger partial charge in [-0.25, -0.2) is 0 Å². The van der Waals surface area contributed by atoms with Gasteiger partial charge in [0.1, 0.15) is 0 Å². The van der Waals surface area contributed by atoms with Gasteiger partial charge in [0.25, 0.3) is 0 Å².